The van der Waals surface area contributed by atoms with E-state index >= 15 is 0 Å². The Morgan fingerprint density at radius 3 is 2.78 bits per heavy atom. The van der Waals surface area contributed by atoms with E-state index in [2.05, 4.69) is 21.9 Å². The van der Waals surface area contributed by atoms with Gasteiger partial charge in [0.05, 0.1) is 13.2 Å². The van der Waals surface area contributed by atoms with Crippen LogP contribution in [-0.2, 0) is 4.74 Å². The first kappa shape index (κ1) is 12.3. The molecule has 0 aromatic heterocycles. The van der Waals surface area contributed by atoms with E-state index in [-0.39, 0.29) is 0 Å². The van der Waals surface area contributed by atoms with Gasteiger partial charge in [-0.2, -0.15) is 0 Å². The molecular formula is C14H19ClN2O. The van der Waals surface area contributed by atoms with Crippen molar-refractivity contribution in [3.8, 4) is 0 Å². The first-order valence-electron chi connectivity index (χ1n) is 6.65. The SMILES string of the molecule is Clc1cccc(N2CCC(N3CCOCC3)C2)c1. The van der Waals surface area contributed by atoms with Crippen LogP contribution in [0, 0.1) is 0 Å². The molecule has 4 heteroatoms. The smallest absolute Gasteiger partial charge is 0.0594 e. The molecule has 3 nitrogen and oxygen atoms in total. The normalized spacial score (nSPS) is 25.6. The average molecular weight is 267 g/mol. The highest BCUT2D eigenvalue weighted by atomic mass is 35.5. The molecule has 0 spiro atoms. The van der Waals surface area contributed by atoms with Crippen molar-refractivity contribution in [1.82, 2.24) is 4.90 Å². The summed E-state index contributed by atoms with van der Waals surface area (Å²) in [7, 11) is 0. The van der Waals surface area contributed by atoms with Crippen LogP contribution in [-0.4, -0.2) is 50.3 Å². The lowest BCUT2D eigenvalue weighted by molar-refractivity contribution is 0.0209. The fraction of sp³-hybridized carbons (Fsp3) is 0.571. The van der Waals surface area contributed by atoms with Gasteiger partial charge >= 0.3 is 0 Å². The zero-order valence-electron chi connectivity index (χ0n) is 10.5. The molecule has 2 fully saturated rings. The van der Waals surface area contributed by atoms with Crippen molar-refractivity contribution >= 4 is 17.3 Å². The Kier molecular flexibility index (Phi) is 3.73. The van der Waals surface area contributed by atoms with Gasteiger partial charge in [-0.15, -0.1) is 0 Å². The standard InChI is InChI=1S/C14H19ClN2O/c15-12-2-1-3-13(10-12)17-5-4-14(11-17)16-6-8-18-9-7-16/h1-3,10,14H,4-9,11H2. The first-order valence-corrected chi connectivity index (χ1v) is 7.03. The summed E-state index contributed by atoms with van der Waals surface area (Å²) in [6.07, 6.45) is 1.24. The molecule has 1 atom stereocenters. The summed E-state index contributed by atoms with van der Waals surface area (Å²) in [5, 5.41) is 0.822. The fourth-order valence-corrected chi connectivity index (χ4v) is 3.07. The zero-order chi connectivity index (χ0) is 12.4. The molecule has 0 aliphatic carbocycles. The van der Waals surface area contributed by atoms with E-state index in [1.807, 2.05) is 12.1 Å². The summed E-state index contributed by atoms with van der Waals surface area (Å²) >= 11 is 6.05. The summed E-state index contributed by atoms with van der Waals surface area (Å²) in [6.45, 7) is 6.16. The Morgan fingerprint density at radius 1 is 1.17 bits per heavy atom. The maximum Gasteiger partial charge on any atom is 0.0594 e. The number of anilines is 1. The molecule has 2 saturated heterocycles. The van der Waals surface area contributed by atoms with Gasteiger partial charge in [0.25, 0.3) is 0 Å². The van der Waals surface area contributed by atoms with Gasteiger partial charge in [-0.05, 0) is 24.6 Å². The lowest BCUT2D eigenvalue weighted by Crippen LogP contribution is -2.44. The van der Waals surface area contributed by atoms with E-state index in [0.717, 1.165) is 44.4 Å². The van der Waals surface area contributed by atoms with E-state index < -0.39 is 0 Å². The minimum absolute atomic E-state index is 0.674. The molecule has 0 saturated carbocycles. The molecule has 0 bridgehead atoms. The van der Waals surface area contributed by atoms with E-state index in [9.17, 15) is 0 Å². The van der Waals surface area contributed by atoms with Crippen LogP contribution in [0.1, 0.15) is 6.42 Å². The Labute approximate surface area is 113 Å². The highest BCUT2D eigenvalue weighted by Crippen LogP contribution is 2.25. The zero-order valence-corrected chi connectivity index (χ0v) is 11.3. The molecule has 0 radical (unpaired) electrons. The Hall–Kier alpha value is -0.770. The van der Waals surface area contributed by atoms with Gasteiger partial charge < -0.3 is 9.64 Å². The maximum absolute atomic E-state index is 6.05. The second kappa shape index (κ2) is 5.47. The molecule has 1 aromatic carbocycles. The number of morpholine rings is 1. The molecule has 2 aliphatic heterocycles. The van der Waals surface area contributed by atoms with Crippen LogP contribution in [0.15, 0.2) is 24.3 Å². The highest BCUT2D eigenvalue weighted by Gasteiger charge is 2.28. The van der Waals surface area contributed by atoms with Gasteiger partial charge in [0, 0.05) is 42.9 Å². The molecule has 2 heterocycles. The second-order valence-electron chi connectivity index (χ2n) is 5.02. The highest BCUT2D eigenvalue weighted by molar-refractivity contribution is 6.30. The summed E-state index contributed by atoms with van der Waals surface area (Å²) in [4.78, 5) is 5.00. The molecule has 18 heavy (non-hydrogen) atoms. The number of hydrogen-bond acceptors (Lipinski definition) is 3. The van der Waals surface area contributed by atoms with Gasteiger partial charge in [-0.25, -0.2) is 0 Å². The molecule has 0 N–H and O–H groups in total. The molecule has 3 rings (SSSR count). The van der Waals surface area contributed by atoms with Crippen LogP contribution >= 0.6 is 11.6 Å². The van der Waals surface area contributed by atoms with E-state index in [1.165, 1.54) is 12.1 Å². The molecule has 98 valence electrons. The van der Waals surface area contributed by atoms with Crippen LogP contribution in [0.2, 0.25) is 5.02 Å². The van der Waals surface area contributed by atoms with Crippen LogP contribution in [0.25, 0.3) is 0 Å². The number of ether oxygens (including phenoxy) is 1. The molecule has 2 aliphatic rings. The van der Waals surface area contributed by atoms with Crippen LogP contribution in [0.4, 0.5) is 5.69 Å². The Balaban J connectivity index is 1.64. The summed E-state index contributed by atoms with van der Waals surface area (Å²) in [5.41, 5.74) is 1.25. The van der Waals surface area contributed by atoms with Gasteiger partial charge in [0.2, 0.25) is 0 Å². The monoisotopic (exact) mass is 266 g/mol. The van der Waals surface area contributed by atoms with Gasteiger partial charge in [-0.3, -0.25) is 4.90 Å². The van der Waals surface area contributed by atoms with Crippen molar-refractivity contribution in [2.75, 3.05) is 44.3 Å². The van der Waals surface area contributed by atoms with Crippen molar-refractivity contribution in [3.63, 3.8) is 0 Å². The van der Waals surface area contributed by atoms with Gasteiger partial charge in [-0.1, -0.05) is 17.7 Å². The van der Waals surface area contributed by atoms with E-state index in [0.29, 0.717) is 6.04 Å². The molecular weight excluding hydrogens is 248 g/mol. The predicted octanol–water partition coefficient (Wildman–Crippen LogP) is 2.25. The fourth-order valence-electron chi connectivity index (χ4n) is 2.89. The third-order valence-electron chi connectivity index (χ3n) is 3.90. The number of benzene rings is 1. The topological polar surface area (TPSA) is 15.7 Å². The lowest BCUT2D eigenvalue weighted by atomic mass is 10.2. The van der Waals surface area contributed by atoms with Crippen molar-refractivity contribution < 1.29 is 4.74 Å². The van der Waals surface area contributed by atoms with Crippen LogP contribution in [0.5, 0.6) is 0 Å². The van der Waals surface area contributed by atoms with E-state index in [1.54, 1.807) is 0 Å². The minimum atomic E-state index is 0.674. The molecule has 0 amide bonds. The van der Waals surface area contributed by atoms with Crippen molar-refractivity contribution in [2.45, 2.75) is 12.5 Å². The van der Waals surface area contributed by atoms with E-state index in [4.69, 9.17) is 16.3 Å². The van der Waals surface area contributed by atoms with Crippen molar-refractivity contribution in [2.24, 2.45) is 0 Å². The number of halogens is 1. The summed E-state index contributed by atoms with van der Waals surface area (Å²) in [6, 6.07) is 8.84. The Bertz CT molecular complexity index is 407. The Morgan fingerprint density at radius 2 is 2.00 bits per heavy atom. The molecule has 1 aromatic rings. The first-order chi connectivity index (χ1) is 8.83. The van der Waals surface area contributed by atoms with Crippen LogP contribution < -0.4 is 4.90 Å². The van der Waals surface area contributed by atoms with Gasteiger partial charge in [0.1, 0.15) is 0 Å². The van der Waals surface area contributed by atoms with Gasteiger partial charge in [0.15, 0.2) is 0 Å². The number of hydrogen-bond donors (Lipinski definition) is 0. The minimum Gasteiger partial charge on any atom is -0.379 e. The number of rotatable bonds is 2. The average Bonchev–Trinajstić information content (AvgIpc) is 2.89. The number of nitrogens with zero attached hydrogens (tertiary/aromatic N) is 2. The summed E-state index contributed by atoms with van der Waals surface area (Å²) < 4.78 is 5.41. The third-order valence-corrected chi connectivity index (χ3v) is 4.13. The largest absolute Gasteiger partial charge is 0.379 e. The molecule has 1 unspecified atom stereocenters. The van der Waals surface area contributed by atoms with Crippen LogP contribution in [0.3, 0.4) is 0 Å². The third kappa shape index (κ3) is 2.63. The van der Waals surface area contributed by atoms with Crippen molar-refractivity contribution in [3.05, 3.63) is 29.3 Å². The quantitative estimate of drug-likeness (QED) is 0.817. The lowest BCUT2D eigenvalue weighted by Gasteiger charge is -2.32. The predicted molar refractivity (Wildman–Crippen MR) is 74.5 cm³/mol. The summed E-state index contributed by atoms with van der Waals surface area (Å²) in [5.74, 6) is 0. The maximum atomic E-state index is 6.05. The second-order valence-corrected chi connectivity index (χ2v) is 5.45. The van der Waals surface area contributed by atoms with Crippen molar-refractivity contribution in [1.29, 1.82) is 0 Å².